The summed E-state index contributed by atoms with van der Waals surface area (Å²) in [6.07, 6.45) is 1.46. The summed E-state index contributed by atoms with van der Waals surface area (Å²) in [6, 6.07) is 7.18. The van der Waals surface area contributed by atoms with Crippen molar-refractivity contribution in [3.63, 3.8) is 0 Å². The number of carboxylic acid groups (broad SMARTS) is 1. The van der Waals surface area contributed by atoms with Crippen molar-refractivity contribution >= 4 is 31.9 Å². The van der Waals surface area contributed by atoms with Gasteiger partial charge in [-0.05, 0) is 46.3 Å². The normalized spacial score (nSPS) is 11.8. The fourth-order valence-electron chi connectivity index (χ4n) is 1.71. The highest BCUT2D eigenvalue weighted by molar-refractivity contribution is 9.10. The predicted molar refractivity (Wildman–Crippen MR) is 78.5 cm³/mol. The molecular formula is C13H12BrNO5S. The van der Waals surface area contributed by atoms with Crippen LogP contribution in [-0.4, -0.2) is 30.8 Å². The number of hydrogen-bond donors (Lipinski definition) is 1. The molecule has 1 aromatic heterocycles. The number of carboxylic acids is 1. The fourth-order valence-corrected chi connectivity index (χ4v) is 3.79. The largest absolute Gasteiger partial charge is 0.478 e. The van der Waals surface area contributed by atoms with Gasteiger partial charge in [-0.3, -0.25) is 0 Å². The average Bonchev–Trinajstić information content (AvgIpc) is 2.91. The molecule has 0 aliphatic carbocycles. The summed E-state index contributed by atoms with van der Waals surface area (Å²) in [7, 11) is -2.44. The van der Waals surface area contributed by atoms with E-state index in [0.29, 0.717) is 10.2 Å². The zero-order chi connectivity index (χ0) is 15.6. The van der Waals surface area contributed by atoms with Crippen LogP contribution in [0.25, 0.3) is 0 Å². The Balaban J connectivity index is 2.38. The van der Waals surface area contributed by atoms with E-state index in [0.717, 1.165) is 10.4 Å². The van der Waals surface area contributed by atoms with Gasteiger partial charge in [0.05, 0.1) is 23.3 Å². The van der Waals surface area contributed by atoms with Gasteiger partial charge in [-0.1, -0.05) is 0 Å². The van der Waals surface area contributed by atoms with Crippen LogP contribution in [0.5, 0.6) is 0 Å². The molecule has 1 N–H and O–H groups in total. The third-order valence-corrected chi connectivity index (χ3v) is 5.62. The summed E-state index contributed by atoms with van der Waals surface area (Å²) in [4.78, 5) is 10.9. The van der Waals surface area contributed by atoms with Gasteiger partial charge < -0.3 is 9.52 Å². The maximum atomic E-state index is 12.5. The first kappa shape index (κ1) is 15.7. The second-order valence-electron chi connectivity index (χ2n) is 4.29. The smallest absolute Gasteiger partial charge is 0.335 e. The van der Waals surface area contributed by atoms with Gasteiger partial charge in [-0.25, -0.2) is 13.2 Å². The van der Waals surface area contributed by atoms with Crippen LogP contribution in [0.4, 0.5) is 0 Å². The van der Waals surface area contributed by atoms with Gasteiger partial charge >= 0.3 is 5.97 Å². The average molecular weight is 374 g/mol. The summed E-state index contributed by atoms with van der Waals surface area (Å²) in [5.41, 5.74) is -0.0943. The number of benzene rings is 1. The zero-order valence-electron chi connectivity index (χ0n) is 11.0. The maximum Gasteiger partial charge on any atom is 0.335 e. The van der Waals surface area contributed by atoms with Gasteiger partial charge in [-0.15, -0.1) is 0 Å². The molecule has 112 valence electrons. The highest BCUT2D eigenvalue weighted by Gasteiger charge is 2.25. The Kier molecular flexibility index (Phi) is 4.50. The van der Waals surface area contributed by atoms with Gasteiger partial charge in [0.1, 0.15) is 5.76 Å². The van der Waals surface area contributed by atoms with Crippen LogP contribution in [0.1, 0.15) is 16.1 Å². The van der Waals surface area contributed by atoms with E-state index < -0.39 is 16.0 Å². The van der Waals surface area contributed by atoms with Crippen molar-refractivity contribution in [1.29, 1.82) is 0 Å². The van der Waals surface area contributed by atoms with Crippen molar-refractivity contribution in [2.24, 2.45) is 0 Å². The quantitative estimate of drug-likeness (QED) is 0.869. The topological polar surface area (TPSA) is 87.8 Å². The molecule has 2 aromatic rings. The molecule has 0 amide bonds. The van der Waals surface area contributed by atoms with Gasteiger partial charge in [0.15, 0.2) is 0 Å². The lowest BCUT2D eigenvalue weighted by Gasteiger charge is -2.17. The summed E-state index contributed by atoms with van der Waals surface area (Å²) in [5, 5.41) is 8.97. The number of furan rings is 1. The summed E-state index contributed by atoms with van der Waals surface area (Å²) in [6.45, 7) is 0.0546. The Morgan fingerprint density at radius 2 is 2.10 bits per heavy atom. The minimum absolute atomic E-state index is 0.0546. The van der Waals surface area contributed by atoms with Gasteiger partial charge in [0, 0.05) is 11.5 Å². The molecule has 0 unspecified atom stereocenters. The molecule has 0 fully saturated rings. The Hall–Kier alpha value is -1.64. The van der Waals surface area contributed by atoms with Gasteiger partial charge in [-0.2, -0.15) is 4.31 Å². The molecule has 0 bridgehead atoms. The minimum Gasteiger partial charge on any atom is -0.478 e. The maximum absolute atomic E-state index is 12.5. The van der Waals surface area contributed by atoms with Crippen LogP contribution in [0.2, 0.25) is 0 Å². The van der Waals surface area contributed by atoms with Crippen LogP contribution in [0.15, 0.2) is 50.4 Å². The monoisotopic (exact) mass is 373 g/mol. The predicted octanol–water partition coefficient (Wildman–Crippen LogP) is 2.56. The second kappa shape index (κ2) is 6.00. The van der Waals surface area contributed by atoms with Crippen LogP contribution in [0, 0.1) is 0 Å². The summed E-state index contributed by atoms with van der Waals surface area (Å²) >= 11 is 3.14. The molecular weight excluding hydrogens is 362 g/mol. The van der Waals surface area contributed by atoms with Crippen molar-refractivity contribution in [3.8, 4) is 0 Å². The molecule has 0 radical (unpaired) electrons. The number of carbonyl (C=O) groups is 1. The SMILES string of the molecule is CN(Cc1ccco1)S(=O)(=O)c1cc(C(=O)O)ccc1Br. The lowest BCUT2D eigenvalue weighted by Crippen LogP contribution is -2.26. The number of rotatable bonds is 5. The molecule has 0 saturated carbocycles. The first-order valence-electron chi connectivity index (χ1n) is 5.84. The van der Waals surface area contributed by atoms with E-state index in [1.807, 2.05) is 0 Å². The van der Waals surface area contributed by atoms with Crippen molar-refractivity contribution in [3.05, 3.63) is 52.4 Å². The Morgan fingerprint density at radius 3 is 2.67 bits per heavy atom. The first-order chi connectivity index (χ1) is 9.82. The lowest BCUT2D eigenvalue weighted by atomic mass is 10.2. The number of sulfonamides is 1. The van der Waals surface area contributed by atoms with Crippen LogP contribution in [-0.2, 0) is 16.6 Å². The van der Waals surface area contributed by atoms with Crippen molar-refractivity contribution < 1.29 is 22.7 Å². The third kappa shape index (κ3) is 3.34. The lowest BCUT2D eigenvalue weighted by molar-refractivity contribution is 0.0696. The van der Waals surface area contributed by atoms with E-state index in [2.05, 4.69) is 15.9 Å². The minimum atomic E-state index is -3.84. The van der Waals surface area contributed by atoms with E-state index in [-0.39, 0.29) is 17.0 Å². The first-order valence-corrected chi connectivity index (χ1v) is 8.07. The molecule has 0 spiro atoms. The molecule has 0 saturated heterocycles. The van der Waals surface area contributed by atoms with E-state index in [9.17, 15) is 13.2 Å². The molecule has 0 atom stereocenters. The van der Waals surface area contributed by atoms with Crippen molar-refractivity contribution in [1.82, 2.24) is 4.31 Å². The van der Waals surface area contributed by atoms with Crippen LogP contribution >= 0.6 is 15.9 Å². The number of hydrogen-bond acceptors (Lipinski definition) is 4. The molecule has 1 aromatic carbocycles. The van der Waals surface area contributed by atoms with Crippen LogP contribution in [0.3, 0.4) is 0 Å². The number of nitrogens with zero attached hydrogens (tertiary/aromatic N) is 1. The molecule has 8 heteroatoms. The van der Waals surface area contributed by atoms with Crippen LogP contribution < -0.4 is 0 Å². The summed E-state index contributed by atoms with van der Waals surface area (Å²) in [5.74, 6) is -0.695. The highest BCUT2D eigenvalue weighted by Crippen LogP contribution is 2.26. The molecule has 2 rings (SSSR count). The summed E-state index contributed by atoms with van der Waals surface area (Å²) < 4.78 is 31.5. The van der Waals surface area contributed by atoms with E-state index in [1.165, 1.54) is 25.4 Å². The Morgan fingerprint density at radius 1 is 1.38 bits per heavy atom. The highest BCUT2D eigenvalue weighted by atomic mass is 79.9. The molecule has 0 aliphatic rings. The molecule has 6 nitrogen and oxygen atoms in total. The molecule has 0 aliphatic heterocycles. The molecule has 1 heterocycles. The standard InChI is InChI=1S/C13H12BrNO5S/c1-15(8-10-3-2-6-20-10)21(18,19)12-7-9(13(16)17)4-5-11(12)14/h2-7H,8H2,1H3,(H,16,17). The number of aromatic carboxylic acids is 1. The molecule has 21 heavy (non-hydrogen) atoms. The number of halogens is 1. The Labute approximate surface area is 130 Å². The fraction of sp³-hybridized carbons (Fsp3) is 0.154. The van der Waals surface area contributed by atoms with Gasteiger partial charge in [0.25, 0.3) is 0 Å². The van der Waals surface area contributed by atoms with Crippen molar-refractivity contribution in [2.45, 2.75) is 11.4 Å². The third-order valence-electron chi connectivity index (χ3n) is 2.82. The van der Waals surface area contributed by atoms with E-state index in [1.54, 1.807) is 12.1 Å². The van der Waals surface area contributed by atoms with Gasteiger partial charge in [0.2, 0.25) is 10.0 Å². The Bertz CT molecular complexity index is 755. The van der Waals surface area contributed by atoms with E-state index >= 15 is 0 Å². The van der Waals surface area contributed by atoms with E-state index in [4.69, 9.17) is 9.52 Å². The zero-order valence-corrected chi connectivity index (χ0v) is 13.4. The van der Waals surface area contributed by atoms with Crippen molar-refractivity contribution in [2.75, 3.05) is 7.05 Å². The second-order valence-corrected chi connectivity index (χ2v) is 7.16.